The highest BCUT2D eigenvalue weighted by molar-refractivity contribution is 5.76. The van der Waals surface area contributed by atoms with Crippen LogP contribution >= 0.6 is 0 Å². The number of aromatic nitrogens is 2. The first-order chi connectivity index (χ1) is 11.8. The normalized spacial score (nSPS) is 29.8. The van der Waals surface area contributed by atoms with Crippen LogP contribution in [0.25, 0.3) is 0 Å². The molecule has 1 heterocycles. The minimum absolute atomic E-state index is 0.0739. The molecule has 0 aromatic carbocycles. The molecule has 0 spiro atoms. The van der Waals surface area contributed by atoms with Gasteiger partial charge in [-0.3, -0.25) is 9.48 Å². The van der Waals surface area contributed by atoms with E-state index in [2.05, 4.69) is 10.4 Å². The summed E-state index contributed by atoms with van der Waals surface area (Å²) < 4.78 is 40.0. The molecule has 3 aliphatic carbocycles. The second-order valence-corrected chi connectivity index (χ2v) is 8.08. The minimum Gasteiger partial charge on any atom is -0.352 e. The summed E-state index contributed by atoms with van der Waals surface area (Å²) in [4.78, 5) is 12.4. The van der Waals surface area contributed by atoms with Crippen LogP contribution < -0.4 is 5.32 Å². The molecular formula is C18H24F3N3O. The Morgan fingerprint density at radius 2 is 2.08 bits per heavy atom. The van der Waals surface area contributed by atoms with Crippen LogP contribution in [0.4, 0.5) is 13.2 Å². The molecule has 0 radical (unpaired) electrons. The van der Waals surface area contributed by atoms with E-state index < -0.39 is 11.9 Å². The molecule has 3 fully saturated rings. The molecule has 1 aromatic rings. The van der Waals surface area contributed by atoms with Crippen molar-refractivity contribution in [2.45, 2.75) is 70.1 Å². The second-order valence-electron chi connectivity index (χ2n) is 8.08. The average Bonchev–Trinajstić information content (AvgIpc) is 2.96. The SMILES string of the molecule is C[C@H](NC(=O)Cn1nc(C(F)(F)F)cc1C1CC1)[C@@H]1C[C@H]2CC[C@H]1C2. The van der Waals surface area contributed by atoms with E-state index in [1.807, 2.05) is 6.92 Å². The lowest BCUT2D eigenvalue weighted by Crippen LogP contribution is -2.41. The Labute approximate surface area is 145 Å². The number of halogens is 3. The van der Waals surface area contributed by atoms with Crippen molar-refractivity contribution in [3.63, 3.8) is 0 Å². The Bertz CT molecular complexity index is 665. The first kappa shape index (κ1) is 16.9. The fourth-order valence-corrected chi connectivity index (χ4v) is 4.85. The monoisotopic (exact) mass is 355 g/mol. The van der Waals surface area contributed by atoms with Gasteiger partial charge in [0.25, 0.3) is 0 Å². The third-order valence-corrected chi connectivity index (χ3v) is 6.21. The zero-order chi connectivity index (χ0) is 17.8. The topological polar surface area (TPSA) is 46.9 Å². The molecule has 4 nitrogen and oxygen atoms in total. The van der Waals surface area contributed by atoms with Crippen LogP contribution in [0.5, 0.6) is 0 Å². The Kier molecular flexibility index (Phi) is 4.07. The highest BCUT2D eigenvalue weighted by Crippen LogP contribution is 2.49. The summed E-state index contributed by atoms with van der Waals surface area (Å²) >= 11 is 0. The van der Waals surface area contributed by atoms with E-state index in [-0.39, 0.29) is 24.4 Å². The summed E-state index contributed by atoms with van der Waals surface area (Å²) in [5.74, 6) is 1.88. The van der Waals surface area contributed by atoms with Crippen molar-refractivity contribution >= 4 is 5.91 Å². The number of hydrogen-bond acceptors (Lipinski definition) is 2. The number of nitrogens with one attached hydrogen (secondary N) is 1. The number of alkyl halides is 3. The number of amides is 1. The first-order valence-electron chi connectivity index (χ1n) is 9.25. The lowest BCUT2D eigenvalue weighted by molar-refractivity contribution is -0.141. The van der Waals surface area contributed by atoms with E-state index in [1.165, 1.54) is 30.4 Å². The van der Waals surface area contributed by atoms with Gasteiger partial charge in [-0.05, 0) is 62.8 Å². The van der Waals surface area contributed by atoms with E-state index in [4.69, 9.17) is 0 Å². The zero-order valence-electron chi connectivity index (χ0n) is 14.4. The number of carbonyl (C=O) groups is 1. The van der Waals surface area contributed by atoms with Gasteiger partial charge < -0.3 is 5.32 Å². The number of carbonyl (C=O) groups excluding carboxylic acids is 1. The molecule has 25 heavy (non-hydrogen) atoms. The molecule has 0 saturated heterocycles. The van der Waals surface area contributed by atoms with Crippen molar-refractivity contribution in [1.82, 2.24) is 15.1 Å². The van der Waals surface area contributed by atoms with Gasteiger partial charge in [0.2, 0.25) is 5.91 Å². The van der Waals surface area contributed by atoms with Crippen molar-refractivity contribution in [3.05, 3.63) is 17.5 Å². The molecule has 138 valence electrons. The van der Waals surface area contributed by atoms with Crippen LogP contribution in [0.3, 0.4) is 0 Å². The predicted octanol–water partition coefficient (Wildman–Crippen LogP) is 3.72. The van der Waals surface area contributed by atoms with Crippen molar-refractivity contribution in [3.8, 4) is 0 Å². The fraction of sp³-hybridized carbons (Fsp3) is 0.778. The van der Waals surface area contributed by atoms with Gasteiger partial charge >= 0.3 is 6.18 Å². The highest BCUT2D eigenvalue weighted by Gasteiger charge is 2.42. The van der Waals surface area contributed by atoms with Crippen molar-refractivity contribution in [2.24, 2.45) is 17.8 Å². The maximum atomic E-state index is 12.9. The van der Waals surface area contributed by atoms with E-state index in [9.17, 15) is 18.0 Å². The van der Waals surface area contributed by atoms with Gasteiger partial charge in [0.05, 0.1) is 0 Å². The van der Waals surface area contributed by atoms with Gasteiger partial charge in [-0.15, -0.1) is 0 Å². The molecule has 7 heteroatoms. The minimum atomic E-state index is -4.47. The smallest absolute Gasteiger partial charge is 0.352 e. The van der Waals surface area contributed by atoms with Crippen LogP contribution in [0, 0.1) is 17.8 Å². The molecular weight excluding hydrogens is 331 g/mol. The maximum absolute atomic E-state index is 12.9. The van der Waals surface area contributed by atoms with Crippen molar-refractivity contribution < 1.29 is 18.0 Å². The highest BCUT2D eigenvalue weighted by atomic mass is 19.4. The molecule has 1 aromatic heterocycles. The Hall–Kier alpha value is -1.53. The Morgan fingerprint density at radius 1 is 1.32 bits per heavy atom. The van der Waals surface area contributed by atoms with Crippen molar-refractivity contribution in [2.75, 3.05) is 0 Å². The molecule has 4 rings (SSSR count). The standard InChI is InChI=1S/C18H24F3N3O/c1-10(14-7-11-2-3-13(14)6-11)22-17(25)9-24-15(12-4-5-12)8-16(23-24)18(19,20)21/h8,10-14H,2-7,9H2,1H3,(H,22,25)/t10-,11-,13-,14-/m0/s1. The third kappa shape index (κ3) is 3.42. The van der Waals surface area contributed by atoms with E-state index in [0.29, 0.717) is 17.5 Å². The van der Waals surface area contributed by atoms with Gasteiger partial charge in [0.1, 0.15) is 6.54 Å². The summed E-state index contributed by atoms with van der Waals surface area (Å²) in [6, 6.07) is 1.18. The number of fused-ring (bicyclic) bond motifs is 2. The van der Waals surface area contributed by atoms with E-state index in [1.54, 1.807) is 0 Å². The molecule has 1 amide bonds. The molecule has 4 atom stereocenters. The maximum Gasteiger partial charge on any atom is 0.435 e. The molecule has 1 N–H and O–H groups in total. The summed E-state index contributed by atoms with van der Waals surface area (Å²) in [5.41, 5.74) is -0.363. The van der Waals surface area contributed by atoms with Crippen LogP contribution in [0.2, 0.25) is 0 Å². The molecule has 0 unspecified atom stereocenters. The third-order valence-electron chi connectivity index (χ3n) is 6.21. The molecule has 2 bridgehead atoms. The summed E-state index contributed by atoms with van der Waals surface area (Å²) in [5, 5.41) is 6.67. The van der Waals surface area contributed by atoms with Crippen molar-refractivity contribution in [1.29, 1.82) is 0 Å². The molecule has 0 aliphatic heterocycles. The second kappa shape index (κ2) is 6.02. The number of rotatable bonds is 5. The lowest BCUT2D eigenvalue weighted by Gasteiger charge is -2.28. The van der Waals surface area contributed by atoms with Crippen LogP contribution in [0.15, 0.2) is 6.07 Å². The summed E-state index contributed by atoms with van der Waals surface area (Å²) in [6.07, 6.45) is 2.25. The van der Waals surface area contributed by atoms with Crippen LogP contribution in [0.1, 0.15) is 62.8 Å². The van der Waals surface area contributed by atoms with Gasteiger partial charge in [0.15, 0.2) is 5.69 Å². The number of nitrogens with zero attached hydrogens (tertiary/aromatic N) is 2. The fourth-order valence-electron chi connectivity index (χ4n) is 4.85. The van der Waals surface area contributed by atoms with Gasteiger partial charge in [-0.25, -0.2) is 0 Å². The predicted molar refractivity (Wildman–Crippen MR) is 85.7 cm³/mol. The Morgan fingerprint density at radius 3 is 2.64 bits per heavy atom. The van der Waals surface area contributed by atoms with Gasteiger partial charge in [0, 0.05) is 17.7 Å². The largest absolute Gasteiger partial charge is 0.435 e. The zero-order valence-corrected chi connectivity index (χ0v) is 14.4. The Balaban J connectivity index is 1.41. The number of hydrogen-bond donors (Lipinski definition) is 1. The molecule has 3 aliphatic rings. The van der Waals surface area contributed by atoms with E-state index >= 15 is 0 Å². The average molecular weight is 355 g/mol. The van der Waals surface area contributed by atoms with Gasteiger partial charge in [-0.2, -0.15) is 18.3 Å². The van der Waals surface area contributed by atoms with Crippen LogP contribution in [-0.2, 0) is 17.5 Å². The summed E-state index contributed by atoms with van der Waals surface area (Å²) in [7, 11) is 0. The van der Waals surface area contributed by atoms with Gasteiger partial charge in [-0.1, -0.05) is 6.42 Å². The summed E-state index contributed by atoms with van der Waals surface area (Å²) in [6.45, 7) is 1.89. The lowest BCUT2D eigenvalue weighted by atomic mass is 9.84. The molecule has 3 saturated carbocycles. The first-order valence-corrected chi connectivity index (χ1v) is 9.25. The van der Waals surface area contributed by atoms with E-state index in [0.717, 1.165) is 24.8 Å². The quantitative estimate of drug-likeness (QED) is 0.875. The van der Waals surface area contributed by atoms with Crippen LogP contribution in [-0.4, -0.2) is 21.7 Å².